The topological polar surface area (TPSA) is 118 Å². The van der Waals surface area contributed by atoms with Crippen LogP contribution >= 0.6 is 0 Å². The second-order valence-corrected chi connectivity index (χ2v) is 4.01. The molecule has 2 N–H and O–H groups in total. The predicted octanol–water partition coefficient (Wildman–Crippen LogP) is 1.24. The van der Waals surface area contributed by atoms with Gasteiger partial charge in [-0.15, -0.1) is 0 Å². The molecule has 0 aliphatic heterocycles. The molecule has 0 fully saturated rings. The Morgan fingerprint density at radius 1 is 0.950 bits per heavy atom. The fraction of sp³-hybridized carbons (Fsp3) is 0.231. The molecule has 1 rings (SSSR count). The lowest BCUT2D eigenvalue weighted by Gasteiger charge is -2.15. The van der Waals surface area contributed by atoms with Crippen LogP contribution in [0.15, 0.2) is 0 Å². The van der Waals surface area contributed by atoms with Crippen LogP contribution in [0.1, 0.15) is 51.8 Å². The van der Waals surface area contributed by atoms with Crippen LogP contribution in [0.25, 0.3) is 0 Å². The van der Waals surface area contributed by atoms with Crippen LogP contribution < -0.4 is 4.74 Å². The molecule has 0 radical (unpaired) electrons. The Morgan fingerprint density at radius 2 is 1.45 bits per heavy atom. The van der Waals surface area contributed by atoms with Gasteiger partial charge in [0.15, 0.2) is 29.4 Å². The van der Waals surface area contributed by atoms with E-state index in [1.807, 2.05) is 0 Å². The molecule has 0 spiro atoms. The number of aldehydes is 1. The highest BCUT2D eigenvalue weighted by molar-refractivity contribution is 6.13. The highest BCUT2D eigenvalue weighted by Gasteiger charge is 2.29. The van der Waals surface area contributed by atoms with E-state index < -0.39 is 51.5 Å². The number of phenolic OH excluding ortho intramolecular Hbond substituents is 2. The van der Waals surface area contributed by atoms with E-state index in [1.54, 1.807) is 0 Å². The van der Waals surface area contributed by atoms with Crippen LogP contribution in [0.3, 0.4) is 0 Å². The van der Waals surface area contributed by atoms with Gasteiger partial charge in [0.25, 0.3) is 0 Å². The van der Waals surface area contributed by atoms with Gasteiger partial charge in [-0.3, -0.25) is 19.2 Å². The average molecular weight is 280 g/mol. The van der Waals surface area contributed by atoms with Crippen LogP contribution in [0.5, 0.6) is 17.2 Å². The van der Waals surface area contributed by atoms with Gasteiger partial charge >= 0.3 is 5.97 Å². The van der Waals surface area contributed by atoms with Crippen LogP contribution in [-0.2, 0) is 4.79 Å². The van der Waals surface area contributed by atoms with Crippen molar-refractivity contribution in [1.82, 2.24) is 0 Å². The van der Waals surface area contributed by atoms with Gasteiger partial charge in [-0.05, 0) is 13.8 Å². The first-order valence-electron chi connectivity index (χ1n) is 5.49. The molecule has 0 aliphatic rings. The van der Waals surface area contributed by atoms with Gasteiger partial charge in [0.05, 0.1) is 11.1 Å². The van der Waals surface area contributed by atoms with Gasteiger partial charge in [0, 0.05) is 12.5 Å². The molecule has 7 nitrogen and oxygen atoms in total. The summed E-state index contributed by atoms with van der Waals surface area (Å²) in [6.45, 7) is 3.13. The Morgan fingerprint density at radius 3 is 1.80 bits per heavy atom. The molecule has 0 amide bonds. The van der Waals surface area contributed by atoms with Gasteiger partial charge in [-0.1, -0.05) is 0 Å². The van der Waals surface area contributed by atoms with E-state index in [9.17, 15) is 29.4 Å². The number of benzene rings is 1. The zero-order valence-electron chi connectivity index (χ0n) is 11.0. The minimum atomic E-state index is -0.943. The van der Waals surface area contributed by atoms with Crippen molar-refractivity contribution in [2.75, 3.05) is 0 Å². The summed E-state index contributed by atoms with van der Waals surface area (Å²) in [7, 11) is 0. The third-order valence-corrected chi connectivity index (χ3v) is 2.51. The number of hydrogen-bond donors (Lipinski definition) is 2. The third kappa shape index (κ3) is 2.51. The molecule has 0 heterocycles. The van der Waals surface area contributed by atoms with Gasteiger partial charge in [-0.2, -0.15) is 0 Å². The molecule has 7 heteroatoms. The molecule has 0 unspecified atom stereocenters. The van der Waals surface area contributed by atoms with Gasteiger partial charge in [0.1, 0.15) is 0 Å². The fourth-order valence-corrected chi connectivity index (χ4v) is 1.79. The quantitative estimate of drug-likeness (QED) is 0.280. The van der Waals surface area contributed by atoms with Gasteiger partial charge in [-0.25, -0.2) is 0 Å². The van der Waals surface area contributed by atoms with Crippen molar-refractivity contribution >= 4 is 23.8 Å². The van der Waals surface area contributed by atoms with E-state index in [-0.39, 0.29) is 6.29 Å². The van der Waals surface area contributed by atoms with Crippen LogP contribution in [0.4, 0.5) is 0 Å². The van der Waals surface area contributed by atoms with E-state index in [0.29, 0.717) is 0 Å². The van der Waals surface area contributed by atoms with Gasteiger partial charge in [0.2, 0.25) is 5.75 Å². The first kappa shape index (κ1) is 15.4. The number of Topliss-reactive ketones (excluding diaryl/α,β-unsaturated/α-hetero) is 2. The molecule has 1 aromatic rings. The summed E-state index contributed by atoms with van der Waals surface area (Å²) >= 11 is 0. The maximum Gasteiger partial charge on any atom is 0.308 e. The molecule has 0 atom stereocenters. The molecule has 0 aliphatic carbocycles. The van der Waals surface area contributed by atoms with Crippen LogP contribution in [0, 0.1) is 0 Å². The van der Waals surface area contributed by atoms with E-state index in [2.05, 4.69) is 4.74 Å². The lowest BCUT2D eigenvalue weighted by molar-refractivity contribution is -0.132. The molecular formula is C13H12O7. The van der Waals surface area contributed by atoms with Crippen molar-refractivity contribution in [3.05, 3.63) is 16.7 Å². The summed E-state index contributed by atoms with van der Waals surface area (Å²) in [6.07, 6.45) is 0.180. The Hall–Kier alpha value is -2.70. The Labute approximate surface area is 113 Å². The van der Waals surface area contributed by atoms with Crippen molar-refractivity contribution in [3.63, 3.8) is 0 Å². The summed E-state index contributed by atoms with van der Waals surface area (Å²) < 4.78 is 4.66. The van der Waals surface area contributed by atoms with Crippen molar-refractivity contribution in [2.24, 2.45) is 0 Å². The standard InChI is InChI=1S/C13H12O7/c1-5(15)9-8(4-14)10(6(2)16)13(20-7(3)17)12(19)11(9)18/h4,18-19H,1-3H3. The zero-order chi connectivity index (χ0) is 15.6. The van der Waals surface area contributed by atoms with Crippen molar-refractivity contribution in [2.45, 2.75) is 20.8 Å². The summed E-state index contributed by atoms with van der Waals surface area (Å²) in [5.74, 6) is -4.80. The lowest BCUT2D eigenvalue weighted by Crippen LogP contribution is -2.12. The van der Waals surface area contributed by atoms with E-state index in [4.69, 9.17) is 0 Å². The number of ether oxygens (including phenoxy) is 1. The average Bonchev–Trinajstić information content (AvgIpc) is 2.32. The molecule has 1 aromatic carbocycles. The maximum absolute atomic E-state index is 11.6. The van der Waals surface area contributed by atoms with E-state index >= 15 is 0 Å². The normalized spacial score (nSPS) is 9.95. The highest BCUT2D eigenvalue weighted by atomic mass is 16.5. The molecule has 0 saturated carbocycles. The summed E-state index contributed by atoms with van der Waals surface area (Å²) in [5, 5.41) is 19.5. The van der Waals surface area contributed by atoms with Gasteiger partial charge < -0.3 is 14.9 Å². The molecular weight excluding hydrogens is 268 g/mol. The number of carbonyl (C=O) groups is 4. The number of esters is 1. The smallest absolute Gasteiger partial charge is 0.308 e. The zero-order valence-corrected chi connectivity index (χ0v) is 11.0. The SMILES string of the molecule is CC(=O)Oc1c(O)c(O)c(C(C)=O)c(C=O)c1C(C)=O. The molecule has 0 aromatic heterocycles. The maximum atomic E-state index is 11.6. The first-order valence-corrected chi connectivity index (χ1v) is 5.49. The Bertz CT molecular complexity index is 628. The largest absolute Gasteiger partial charge is 0.504 e. The van der Waals surface area contributed by atoms with E-state index in [0.717, 1.165) is 20.8 Å². The lowest BCUT2D eigenvalue weighted by atomic mass is 9.94. The minimum absolute atomic E-state index is 0.180. The number of hydrogen-bond acceptors (Lipinski definition) is 7. The molecule has 20 heavy (non-hydrogen) atoms. The second-order valence-electron chi connectivity index (χ2n) is 4.01. The van der Waals surface area contributed by atoms with Crippen LogP contribution in [0.2, 0.25) is 0 Å². The van der Waals surface area contributed by atoms with Crippen LogP contribution in [-0.4, -0.2) is 34.0 Å². The number of phenols is 2. The van der Waals surface area contributed by atoms with Crippen molar-refractivity contribution < 1.29 is 34.1 Å². The first-order chi connectivity index (χ1) is 9.22. The van der Waals surface area contributed by atoms with Crippen molar-refractivity contribution in [3.8, 4) is 17.2 Å². The summed E-state index contributed by atoms with van der Waals surface area (Å²) in [5.41, 5.74) is -1.37. The summed E-state index contributed by atoms with van der Waals surface area (Å²) in [6, 6.07) is 0. The molecule has 0 bridgehead atoms. The number of aromatic hydroxyl groups is 2. The summed E-state index contributed by atoms with van der Waals surface area (Å²) in [4.78, 5) is 45.2. The third-order valence-electron chi connectivity index (χ3n) is 2.51. The second kappa shape index (κ2) is 5.52. The Kier molecular flexibility index (Phi) is 4.24. The molecule has 106 valence electrons. The fourth-order valence-electron chi connectivity index (χ4n) is 1.79. The van der Waals surface area contributed by atoms with Crippen molar-refractivity contribution in [1.29, 1.82) is 0 Å². The van der Waals surface area contributed by atoms with E-state index in [1.165, 1.54) is 0 Å². The predicted molar refractivity (Wildman–Crippen MR) is 66.5 cm³/mol. The monoisotopic (exact) mass is 280 g/mol. The minimum Gasteiger partial charge on any atom is -0.504 e. The highest BCUT2D eigenvalue weighted by Crippen LogP contribution is 2.44. The number of ketones is 2. The number of carbonyl (C=O) groups excluding carboxylic acids is 4. The number of rotatable bonds is 4. The Balaban J connectivity index is 3.91. The molecule has 0 saturated heterocycles.